The highest BCUT2D eigenvalue weighted by Gasteiger charge is 2.64. The van der Waals surface area contributed by atoms with Gasteiger partial charge < -0.3 is 0 Å². The van der Waals surface area contributed by atoms with Gasteiger partial charge in [0, 0.05) is 8.07 Å². The Kier molecular flexibility index (Phi) is 5.81. The van der Waals surface area contributed by atoms with E-state index in [2.05, 4.69) is 58.4 Å². The van der Waals surface area contributed by atoms with Crippen LogP contribution in [0.15, 0.2) is 0 Å². The molecule has 102 valence electrons. The lowest BCUT2D eigenvalue weighted by Gasteiger charge is -2.26. The molecule has 17 heavy (non-hydrogen) atoms. The van der Waals surface area contributed by atoms with Crippen molar-refractivity contribution in [3.63, 3.8) is 0 Å². The average molecular weight is 384 g/mol. The van der Waals surface area contributed by atoms with Crippen LogP contribution in [-0.2, 0) is 0 Å². The van der Waals surface area contributed by atoms with Crippen molar-refractivity contribution in [1.29, 1.82) is 0 Å². The monoisotopic (exact) mass is 382 g/mol. The largest absolute Gasteiger partial charge is 0.0865 e. The third kappa shape index (κ3) is 4.98. The molecule has 0 nitrogen and oxygen atoms in total. The lowest BCUT2D eigenvalue weighted by Crippen LogP contribution is -2.27. The molecule has 0 aromatic carbocycles. The van der Waals surface area contributed by atoms with Crippen LogP contribution in [0.2, 0.25) is 25.7 Å². The molecule has 1 aliphatic carbocycles. The average Bonchev–Trinajstić information content (AvgIpc) is 2.64. The summed E-state index contributed by atoms with van der Waals surface area (Å²) < 4.78 is 0.276. The molecule has 0 radical (unpaired) electrons. The standard InChI is InChI=1S/C14H28Br2Si/c1-5-6-7-8-9-10-13(11-14(13,15)16)12-17(2,3)4/h5-12H2,1-4H3. The van der Waals surface area contributed by atoms with E-state index in [9.17, 15) is 0 Å². The van der Waals surface area contributed by atoms with Crippen LogP contribution in [0.4, 0.5) is 0 Å². The molecule has 1 fully saturated rings. The molecule has 1 aliphatic rings. The summed E-state index contributed by atoms with van der Waals surface area (Å²) in [6.45, 7) is 9.79. The summed E-state index contributed by atoms with van der Waals surface area (Å²) in [5.74, 6) is 0. The van der Waals surface area contributed by atoms with E-state index in [1.165, 1.54) is 51.0 Å². The first-order valence-electron chi connectivity index (χ1n) is 7.10. The maximum absolute atomic E-state index is 3.88. The van der Waals surface area contributed by atoms with Crippen LogP contribution in [0.1, 0.15) is 51.9 Å². The smallest absolute Gasteiger partial charge is 0.0721 e. The molecule has 0 amide bonds. The maximum Gasteiger partial charge on any atom is 0.0865 e. The Morgan fingerprint density at radius 3 is 1.94 bits per heavy atom. The predicted molar refractivity (Wildman–Crippen MR) is 89.2 cm³/mol. The van der Waals surface area contributed by atoms with E-state index >= 15 is 0 Å². The minimum absolute atomic E-state index is 0.276. The predicted octanol–water partition coefficient (Wildman–Crippen LogP) is 6.56. The lowest BCUT2D eigenvalue weighted by atomic mass is 9.99. The third-order valence-corrected chi connectivity index (χ3v) is 7.82. The molecule has 0 bridgehead atoms. The second kappa shape index (κ2) is 6.09. The quantitative estimate of drug-likeness (QED) is 0.253. The molecule has 0 spiro atoms. The molecule has 0 aromatic heterocycles. The Morgan fingerprint density at radius 2 is 1.53 bits per heavy atom. The number of unbranched alkanes of at least 4 members (excludes halogenated alkanes) is 4. The molecule has 0 saturated heterocycles. The maximum atomic E-state index is 3.88. The molecule has 1 atom stereocenters. The van der Waals surface area contributed by atoms with Gasteiger partial charge in [0.2, 0.25) is 0 Å². The van der Waals surface area contributed by atoms with Crippen LogP contribution in [0, 0.1) is 5.41 Å². The zero-order chi connectivity index (χ0) is 13.2. The van der Waals surface area contributed by atoms with Crippen LogP contribution in [-0.4, -0.2) is 11.3 Å². The van der Waals surface area contributed by atoms with Gasteiger partial charge in [0.1, 0.15) is 0 Å². The van der Waals surface area contributed by atoms with Gasteiger partial charge in [-0.1, -0.05) is 90.5 Å². The van der Waals surface area contributed by atoms with Crippen molar-refractivity contribution >= 4 is 39.9 Å². The highest BCUT2D eigenvalue weighted by Crippen LogP contribution is 2.71. The minimum atomic E-state index is -0.954. The Morgan fingerprint density at radius 1 is 1.00 bits per heavy atom. The van der Waals surface area contributed by atoms with Crippen molar-refractivity contribution < 1.29 is 0 Å². The fourth-order valence-electron chi connectivity index (χ4n) is 3.01. The first-order chi connectivity index (χ1) is 7.72. The molecular weight excluding hydrogens is 356 g/mol. The summed E-state index contributed by atoms with van der Waals surface area (Å²) in [6.07, 6.45) is 9.78. The van der Waals surface area contributed by atoms with Gasteiger partial charge in [-0.05, 0) is 24.3 Å². The molecule has 0 aliphatic heterocycles. The summed E-state index contributed by atoms with van der Waals surface area (Å²) in [4.78, 5) is 0. The van der Waals surface area contributed by atoms with E-state index in [0.29, 0.717) is 5.41 Å². The third-order valence-electron chi connectivity index (χ3n) is 3.84. The number of rotatable bonds is 8. The van der Waals surface area contributed by atoms with Gasteiger partial charge in [-0.3, -0.25) is 0 Å². The second-order valence-corrected chi connectivity index (χ2v) is 16.3. The van der Waals surface area contributed by atoms with Crippen molar-refractivity contribution in [2.45, 2.75) is 80.8 Å². The van der Waals surface area contributed by atoms with Gasteiger partial charge in [-0.2, -0.15) is 0 Å². The first kappa shape index (κ1) is 16.2. The van der Waals surface area contributed by atoms with E-state index in [-0.39, 0.29) is 3.23 Å². The first-order valence-corrected chi connectivity index (χ1v) is 12.4. The molecule has 0 heterocycles. The van der Waals surface area contributed by atoms with E-state index < -0.39 is 8.07 Å². The summed E-state index contributed by atoms with van der Waals surface area (Å²) in [5, 5.41) is 0. The highest BCUT2D eigenvalue weighted by atomic mass is 79.9. The molecule has 1 rings (SSSR count). The van der Waals surface area contributed by atoms with Gasteiger partial charge >= 0.3 is 0 Å². The number of hydrogen-bond acceptors (Lipinski definition) is 0. The van der Waals surface area contributed by atoms with Gasteiger partial charge in [0.05, 0.1) is 3.23 Å². The Bertz CT molecular complexity index is 245. The van der Waals surface area contributed by atoms with Crippen LogP contribution in [0.25, 0.3) is 0 Å². The summed E-state index contributed by atoms with van der Waals surface area (Å²) in [5.41, 5.74) is 0.573. The topological polar surface area (TPSA) is 0 Å². The Balaban J connectivity index is 2.36. The van der Waals surface area contributed by atoms with E-state index in [0.717, 1.165) is 0 Å². The molecule has 0 N–H and O–H groups in total. The number of halogens is 2. The Hall–Kier alpha value is 1.18. The van der Waals surface area contributed by atoms with Crippen molar-refractivity contribution in [2.75, 3.05) is 0 Å². The molecular formula is C14H28Br2Si. The zero-order valence-corrected chi connectivity index (χ0v) is 16.1. The summed E-state index contributed by atoms with van der Waals surface area (Å²) >= 11 is 7.77. The van der Waals surface area contributed by atoms with Gasteiger partial charge in [-0.15, -0.1) is 0 Å². The second-order valence-electron chi connectivity index (χ2n) is 7.06. The van der Waals surface area contributed by atoms with Crippen LogP contribution in [0.3, 0.4) is 0 Å². The van der Waals surface area contributed by atoms with Crippen molar-refractivity contribution in [1.82, 2.24) is 0 Å². The summed E-state index contributed by atoms with van der Waals surface area (Å²) in [6, 6.07) is 1.46. The normalized spacial score (nSPS) is 27.2. The lowest BCUT2D eigenvalue weighted by molar-refractivity contribution is 0.465. The SMILES string of the molecule is CCCCCCCC1(C[Si](C)(C)C)CC1(Br)Br. The van der Waals surface area contributed by atoms with Crippen LogP contribution >= 0.6 is 31.9 Å². The number of alkyl halides is 2. The summed E-state index contributed by atoms with van der Waals surface area (Å²) in [7, 11) is -0.954. The molecule has 1 unspecified atom stereocenters. The van der Waals surface area contributed by atoms with Gasteiger partial charge in [0.25, 0.3) is 0 Å². The highest BCUT2D eigenvalue weighted by molar-refractivity contribution is 9.25. The van der Waals surface area contributed by atoms with Crippen LogP contribution < -0.4 is 0 Å². The zero-order valence-electron chi connectivity index (χ0n) is 11.9. The van der Waals surface area contributed by atoms with Crippen molar-refractivity contribution in [3.05, 3.63) is 0 Å². The minimum Gasteiger partial charge on any atom is -0.0721 e. The van der Waals surface area contributed by atoms with E-state index in [1.807, 2.05) is 0 Å². The fraction of sp³-hybridized carbons (Fsp3) is 1.00. The van der Waals surface area contributed by atoms with Gasteiger partial charge in [0.15, 0.2) is 0 Å². The molecule has 3 heteroatoms. The van der Waals surface area contributed by atoms with Crippen molar-refractivity contribution in [3.8, 4) is 0 Å². The number of hydrogen-bond donors (Lipinski definition) is 0. The van der Waals surface area contributed by atoms with E-state index in [4.69, 9.17) is 0 Å². The molecule has 0 aromatic rings. The molecule has 1 saturated carbocycles. The van der Waals surface area contributed by atoms with Crippen molar-refractivity contribution in [2.24, 2.45) is 5.41 Å². The van der Waals surface area contributed by atoms with Crippen LogP contribution in [0.5, 0.6) is 0 Å². The fourth-order valence-corrected chi connectivity index (χ4v) is 7.92. The van der Waals surface area contributed by atoms with E-state index in [1.54, 1.807) is 0 Å². The van der Waals surface area contributed by atoms with Gasteiger partial charge in [-0.25, -0.2) is 0 Å². The Labute approximate surface area is 126 Å².